The third-order valence-electron chi connectivity index (χ3n) is 2.13. The van der Waals surface area contributed by atoms with Crippen molar-refractivity contribution in [3.05, 3.63) is 23.8 Å². The van der Waals surface area contributed by atoms with Gasteiger partial charge in [-0.2, -0.15) is 0 Å². The van der Waals surface area contributed by atoms with Crippen molar-refractivity contribution in [1.82, 2.24) is 0 Å². The van der Waals surface area contributed by atoms with E-state index >= 15 is 0 Å². The van der Waals surface area contributed by atoms with E-state index in [1.807, 2.05) is 0 Å². The van der Waals surface area contributed by atoms with Crippen LogP contribution in [0.15, 0.2) is 23.8 Å². The highest BCUT2D eigenvalue weighted by molar-refractivity contribution is 5.25. The lowest BCUT2D eigenvalue weighted by molar-refractivity contribution is 0.562. The Morgan fingerprint density at radius 2 is 2.40 bits per heavy atom. The summed E-state index contributed by atoms with van der Waals surface area (Å²) in [5.74, 6) is 0.856. The summed E-state index contributed by atoms with van der Waals surface area (Å²) in [6.07, 6.45) is 10.5. The van der Waals surface area contributed by atoms with E-state index in [4.69, 9.17) is 0 Å². The molecule has 0 radical (unpaired) electrons. The van der Waals surface area contributed by atoms with Gasteiger partial charge in [-0.05, 0) is 18.8 Å². The molecule has 0 bridgehead atoms. The van der Waals surface area contributed by atoms with Crippen LogP contribution < -0.4 is 0 Å². The summed E-state index contributed by atoms with van der Waals surface area (Å²) in [4.78, 5) is 0. The zero-order chi connectivity index (χ0) is 7.40. The van der Waals surface area contributed by atoms with Gasteiger partial charge in [0, 0.05) is 0 Å². The smallest absolute Gasteiger partial charge is 0.0160 e. The molecule has 1 atom stereocenters. The lowest BCUT2D eigenvalue weighted by Gasteiger charge is -2.06. The number of rotatable bonds is 3. The molecule has 0 amide bonds. The predicted octanol–water partition coefficient (Wildman–Crippen LogP) is 3.31. The van der Waals surface area contributed by atoms with E-state index in [9.17, 15) is 0 Å². The standard InChI is InChI=1S/C10H16/c1-3-9(2)8-10-6-4-5-7-10/h4,6-7,9H,3,5,8H2,1-2H3. The van der Waals surface area contributed by atoms with Crippen LogP contribution in [0.5, 0.6) is 0 Å². The van der Waals surface area contributed by atoms with Gasteiger partial charge in [0.2, 0.25) is 0 Å². The molecule has 0 saturated heterocycles. The van der Waals surface area contributed by atoms with Crippen molar-refractivity contribution in [3.63, 3.8) is 0 Å². The van der Waals surface area contributed by atoms with E-state index in [0.29, 0.717) is 0 Å². The number of hydrogen-bond acceptors (Lipinski definition) is 0. The van der Waals surface area contributed by atoms with Gasteiger partial charge in [0.25, 0.3) is 0 Å². The Balaban J connectivity index is 2.31. The molecule has 1 aliphatic carbocycles. The Labute approximate surface area is 63.6 Å². The van der Waals surface area contributed by atoms with Crippen LogP contribution in [-0.2, 0) is 0 Å². The molecule has 0 heterocycles. The average molecular weight is 136 g/mol. The van der Waals surface area contributed by atoms with Gasteiger partial charge < -0.3 is 0 Å². The Morgan fingerprint density at radius 3 is 2.90 bits per heavy atom. The lowest BCUT2D eigenvalue weighted by Crippen LogP contribution is -1.91. The summed E-state index contributed by atoms with van der Waals surface area (Å²) < 4.78 is 0. The largest absolute Gasteiger partial charge is 0.0805 e. The predicted molar refractivity (Wildman–Crippen MR) is 45.9 cm³/mol. The minimum Gasteiger partial charge on any atom is -0.0805 e. The van der Waals surface area contributed by atoms with Crippen molar-refractivity contribution in [1.29, 1.82) is 0 Å². The zero-order valence-electron chi connectivity index (χ0n) is 6.93. The monoisotopic (exact) mass is 136 g/mol. The van der Waals surface area contributed by atoms with Crippen LogP contribution in [0.4, 0.5) is 0 Å². The molecule has 0 aromatic rings. The summed E-state index contributed by atoms with van der Waals surface area (Å²) in [6.45, 7) is 4.57. The van der Waals surface area contributed by atoms with Crippen molar-refractivity contribution in [2.45, 2.75) is 33.1 Å². The maximum absolute atomic E-state index is 2.33. The van der Waals surface area contributed by atoms with Gasteiger partial charge in [0.1, 0.15) is 0 Å². The molecule has 0 nitrogen and oxygen atoms in total. The number of allylic oxidation sites excluding steroid dienone is 4. The van der Waals surface area contributed by atoms with Gasteiger partial charge in [-0.3, -0.25) is 0 Å². The van der Waals surface area contributed by atoms with E-state index in [-0.39, 0.29) is 0 Å². The lowest BCUT2D eigenvalue weighted by atomic mass is 10.00. The molecule has 0 fully saturated rings. The van der Waals surface area contributed by atoms with E-state index < -0.39 is 0 Å². The topological polar surface area (TPSA) is 0 Å². The molecule has 10 heavy (non-hydrogen) atoms. The fourth-order valence-electron chi connectivity index (χ4n) is 1.20. The molecular weight excluding hydrogens is 120 g/mol. The van der Waals surface area contributed by atoms with E-state index in [1.54, 1.807) is 0 Å². The second-order valence-corrected chi connectivity index (χ2v) is 3.13. The van der Waals surface area contributed by atoms with Crippen LogP contribution in [0.2, 0.25) is 0 Å². The Kier molecular flexibility index (Phi) is 2.73. The van der Waals surface area contributed by atoms with Crippen LogP contribution >= 0.6 is 0 Å². The van der Waals surface area contributed by atoms with Crippen molar-refractivity contribution in [2.75, 3.05) is 0 Å². The Hall–Kier alpha value is -0.520. The van der Waals surface area contributed by atoms with E-state index in [2.05, 4.69) is 32.1 Å². The quantitative estimate of drug-likeness (QED) is 0.558. The maximum Gasteiger partial charge on any atom is -0.0160 e. The average Bonchev–Trinajstić information content (AvgIpc) is 2.40. The number of hydrogen-bond donors (Lipinski definition) is 0. The molecule has 0 aliphatic heterocycles. The first-order chi connectivity index (χ1) is 4.83. The fourth-order valence-corrected chi connectivity index (χ4v) is 1.20. The van der Waals surface area contributed by atoms with E-state index in [1.165, 1.54) is 18.4 Å². The molecule has 56 valence electrons. The molecule has 1 aliphatic rings. The highest BCUT2D eigenvalue weighted by atomic mass is 14.1. The molecule has 0 heteroatoms. The van der Waals surface area contributed by atoms with Crippen molar-refractivity contribution in [3.8, 4) is 0 Å². The zero-order valence-corrected chi connectivity index (χ0v) is 6.93. The SMILES string of the molecule is CCC(C)CC1=CCC=C1. The van der Waals surface area contributed by atoms with Crippen LogP contribution in [0, 0.1) is 5.92 Å². The fraction of sp³-hybridized carbons (Fsp3) is 0.600. The van der Waals surface area contributed by atoms with Crippen molar-refractivity contribution in [2.24, 2.45) is 5.92 Å². The summed E-state index contributed by atoms with van der Waals surface area (Å²) in [5.41, 5.74) is 1.54. The van der Waals surface area contributed by atoms with Crippen LogP contribution in [0.1, 0.15) is 33.1 Å². The summed E-state index contributed by atoms with van der Waals surface area (Å²) in [6, 6.07) is 0. The molecule has 0 spiro atoms. The van der Waals surface area contributed by atoms with Gasteiger partial charge in [-0.15, -0.1) is 0 Å². The van der Waals surface area contributed by atoms with Gasteiger partial charge in [0.05, 0.1) is 0 Å². The minimum atomic E-state index is 0.856. The third-order valence-corrected chi connectivity index (χ3v) is 2.13. The van der Waals surface area contributed by atoms with Gasteiger partial charge in [-0.25, -0.2) is 0 Å². The molecule has 1 unspecified atom stereocenters. The normalized spacial score (nSPS) is 19.2. The second kappa shape index (κ2) is 3.60. The van der Waals surface area contributed by atoms with Crippen molar-refractivity contribution < 1.29 is 0 Å². The first kappa shape index (κ1) is 7.59. The highest BCUT2D eigenvalue weighted by Crippen LogP contribution is 2.19. The minimum absolute atomic E-state index is 0.856. The molecular formula is C10H16. The summed E-state index contributed by atoms with van der Waals surface area (Å²) in [7, 11) is 0. The molecule has 0 N–H and O–H groups in total. The first-order valence-electron chi connectivity index (χ1n) is 4.18. The van der Waals surface area contributed by atoms with Crippen molar-refractivity contribution >= 4 is 0 Å². The first-order valence-corrected chi connectivity index (χ1v) is 4.18. The molecule has 1 rings (SSSR count). The van der Waals surface area contributed by atoms with Gasteiger partial charge in [-0.1, -0.05) is 44.1 Å². The molecule has 0 saturated carbocycles. The Morgan fingerprint density at radius 1 is 1.60 bits per heavy atom. The van der Waals surface area contributed by atoms with Crippen LogP contribution in [-0.4, -0.2) is 0 Å². The highest BCUT2D eigenvalue weighted by Gasteiger charge is 2.02. The summed E-state index contributed by atoms with van der Waals surface area (Å²) >= 11 is 0. The van der Waals surface area contributed by atoms with E-state index in [0.717, 1.165) is 12.3 Å². The summed E-state index contributed by atoms with van der Waals surface area (Å²) in [5, 5.41) is 0. The maximum atomic E-state index is 2.33. The van der Waals surface area contributed by atoms with Gasteiger partial charge in [0.15, 0.2) is 0 Å². The van der Waals surface area contributed by atoms with Crippen LogP contribution in [0.3, 0.4) is 0 Å². The second-order valence-electron chi connectivity index (χ2n) is 3.13. The Bertz CT molecular complexity index is 151. The molecule has 0 aromatic heterocycles. The molecule has 0 aromatic carbocycles. The van der Waals surface area contributed by atoms with Crippen LogP contribution in [0.25, 0.3) is 0 Å². The van der Waals surface area contributed by atoms with Gasteiger partial charge >= 0.3 is 0 Å². The third kappa shape index (κ3) is 2.02.